The minimum atomic E-state index is 0.610. The van der Waals surface area contributed by atoms with Crippen molar-refractivity contribution in [1.82, 2.24) is 14.9 Å². The number of rotatable bonds is 3. The van der Waals surface area contributed by atoms with E-state index in [1.807, 2.05) is 0 Å². The molecule has 0 saturated carbocycles. The lowest BCUT2D eigenvalue weighted by atomic mass is 10.1. The first-order chi connectivity index (χ1) is 9.79. The molecule has 2 aliphatic heterocycles. The smallest absolute Gasteiger partial charge is 0.137 e. The minimum Gasteiger partial charge on any atom is -0.355 e. The van der Waals surface area contributed by atoms with Gasteiger partial charge in [-0.05, 0) is 38.8 Å². The van der Waals surface area contributed by atoms with Crippen molar-refractivity contribution in [3.05, 3.63) is 17.0 Å². The molecule has 2 fully saturated rings. The van der Waals surface area contributed by atoms with Crippen LogP contribution in [0.25, 0.3) is 0 Å². The van der Waals surface area contributed by atoms with Gasteiger partial charge in [-0.1, -0.05) is 24.9 Å². The molecule has 3 heterocycles. The summed E-state index contributed by atoms with van der Waals surface area (Å²) in [5, 5.41) is 0.610. The second kappa shape index (κ2) is 6.27. The molecule has 110 valence electrons. The van der Waals surface area contributed by atoms with Crippen molar-refractivity contribution in [3.63, 3.8) is 0 Å². The summed E-state index contributed by atoms with van der Waals surface area (Å²) in [5.74, 6) is 1.05. The van der Waals surface area contributed by atoms with Crippen LogP contribution in [0.2, 0.25) is 5.15 Å². The predicted molar refractivity (Wildman–Crippen MR) is 82.5 cm³/mol. The van der Waals surface area contributed by atoms with Crippen molar-refractivity contribution in [1.29, 1.82) is 0 Å². The SMILES string of the molecule is CCc1c(Cl)ncnc1N1CCC(N2CCCCC2)C1. The van der Waals surface area contributed by atoms with Crippen LogP contribution >= 0.6 is 11.6 Å². The molecule has 0 bridgehead atoms. The predicted octanol–water partition coefficient (Wildman–Crippen LogP) is 2.76. The molecule has 0 amide bonds. The summed E-state index contributed by atoms with van der Waals surface area (Å²) in [4.78, 5) is 13.7. The van der Waals surface area contributed by atoms with Gasteiger partial charge in [0.15, 0.2) is 0 Å². The van der Waals surface area contributed by atoms with Gasteiger partial charge in [0.25, 0.3) is 0 Å². The summed E-state index contributed by atoms with van der Waals surface area (Å²) < 4.78 is 0. The fourth-order valence-corrected chi connectivity index (χ4v) is 3.74. The van der Waals surface area contributed by atoms with E-state index in [1.165, 1.54) is 38.8 Å². The number of halogens is 1. The monoisotopic (exact) mass is 294 g/mol. The first-order valence-corrected chi connectivity index (χ1v) is 8.15. The summed E-state index contributed by atoms with van der Waals surface area (Å²) >= 11 is 6.20. The molecule has 0 spiro atoms. The lowest BCUT2D eigenvalue weighted by molar-refractivity contribution is 0.174. The number of anilines is 1. The van der Waals surface area contributed by atoms with E-state index in [0.717, 1.165) is 30.9 Å². The van der Waals surface area contributed by atoms with E-state index in [2.05, 4.69) is 26.7 Å². The number of likely N-dealkylation sites (tertiary alicyclic amines) is 1. The number of hydrogen-bond acceptors (Lipinski definition) is 4. The molecular weight excluding hydrogens is 272 g/mol. The third kappa shape index (κ3) is 2.77. The van der Waals surface area contributed by atoms with Crippen molar-refractivity contribution in [2.45, 2.75) is 45.1 Å². The van der Waals surface area contributed by atoms with Gasteiger partial charge >= 0.3 is 0 Å². The fraction of sp³-hybridized carbons (Fsp3) is 0.733. The highest BCUT2D eigenvalue weighted by Crippen LogP contribution is 2.28. The number of nitrogens with zero attached hydrogens (tertiary/aromatic N) is 4. The Bertz CT molecular complexity index is 459. The molecule has 0 N–H and O–H groups in total. The van der Waals surface area contributed by atoms with Crippen molar-refractivity contribution in [3.8, 4) is 0 Å². The number of aromatic nitrogens is 2. The Morgan fingerprint density at radius 3 is 2.75 bits per heavy atom. The maximum Gasteiger partial charge on any atom is 0.137 e. The molecule has 0 aliphatic carbocycles. The standard InChI is InChI=1S/C15H23ClN4/c1-2-13-14(16)17-11-18-15(13)20-9-6-12(10-20)19-7-4-3-5-8-19/h11-12H,2-10H2,1H3. The summed E-state index contributed by atoms with van der Waals surface area (Å²) in [6.45, 7) is 6.82. The van der Waals surface area contributed by atoms with Crippen molar-refractivity contribution >= 4 is 17.4 Å². The highest BCUT2D eigenvalue weighted by atomic mass is 35.5. The van der Waals surface area contributed by atoms with E-state index in [-0.39, 0.29) is 0 Å². The molecule has 1 unspecified atom stereocenters. The summed E-state index contributed by atoms with van der Waals surface area (Å²) in [7, 11) is 0. The summed E-state index contributed by atoms with van der Waals surface area (Å²) in [6, 6.07) is 0.689. The first kappa shape index (κ1) is 14.1. The normalized spacial score (nSPS) is 24.3. The van der Waals surface area contributed by atoms with Crippen LogP contribution in [0, 0.1) is 0 Å². The highest BCUT2D eigenvalue weighted by Gasteiger charge is 2.30. The molecule has 3 rings (SSSR count). The van der Waals surface area contributed by atoms with Crippen LogP contribution in [0.15, 0.2) is 6.33 Å². The van der Waals surface area contributed by atoms with Crippen LogP contribution in [-0.4, -0.2) is 47.1 Å². The Labute approximate surface area is 126 Å². The van der Waals surface area contributed by atoms with Crippen LogP contribution in [0.3, 0.4) is 0 Å². The number of hydrogen-bond donors (Lipinski definition) is 0. The zero-order chi connectivity index (χ0) is 13.9. The van der Waals surface area contributed by atoms with E-state index in [0.29, 0.717) is 11.2 Å². The zero-order valence-corrected chi connectivity index (χ0v) is 12.9. The van der Waals surface area contributed by atoms with E-state index in [9.17, 15) is 0 Å². The highest BCUT2D eigenvalue weighted by molar-refractivity contribution is 6.30. The molecule has 1 aromatic heterocycles. The van der Waals surface area contributed by atoms with E-state index >= 15 is 0 Å². The largest absolute Gasteiger partial charge is 0.355 e. The minimum absolute atomic E-state index is 0.610. The van der Waals surface area contributed by atoms with Crippen molar-refractivity contribution < 1.29 is 0 Å². The van der Waals surface area contributed by atoms with Gasteiger partial charge in [0.05, 0.1) is 0 Å². The maximum absolute atomic E-state index is 6.20. The summed E-state index contributed by atoms with van der Waals surface area (Å²) in [6.07, 6.45) is 7.83. The van der Waals surface area contributed by atoms with Crippen LogP contribution in [-0.2, 0) is 6.42 Å². The second-order valence-corrected chi connectivity index (χ2v) is 6.16. The molecule has 2 saturated heterocycles. The van der Waals surface area contributed by atoms with Gasteiger partial charge < -0.3 is 4.90 Å². The average molecular weight is 295 g/mol. The van der Waals surface area contributed by atoms with Gasteiger partial charge in [-0.2, -0.15) is 0 Å². The van der Waals surface area contributed by atoms with Gasteiger partial charge in [-0.15, -0.1) is 0 Å². The zero-order valence-electron chi connectivity index (χ0n) is 12.2. The van der Waals surface area contributed by atoms with Crippen molar-refractivity contribution in [2.75, 3.05) is 31.1 Å². The number of piperidine rings is 1. The molecule has 0 radical (unpaired) electrons. The van der Waals surface area contributed by atoms with E-state index in [4.69, 9.17) is 11.6 Å². The van der Waals surface area contributed by atoms with Gasteiger partial charge in [-0.3, -0.25) is 4.90 Å². The van der Waals surface area contributed by atoms with Crippen LogP contribution in [0.5, 0.6) is 0 Å². The molecule has 5 heteroatoms. The molecule has 2 aliphatic rings. The molecule has 1 aromatic rings. The lowest BCUT2D eigenvalue weighted by Gasteiger charge is -2.32. The van der Waals surface area contributed by atoms with Crippen LogP contribution in [0.4, 0.5) is 5.82 Å². The molecule has 20 heavy (non-hydrogen) atoms. The molecule has 1 atom stereocenters. The Morgan fingerprint density at radius 1 is 1.20 bits per heavy atom. The second-order valence-electron chi connectivity index (χ2n) is 5.81. The van der Waals surface area contributed by atoms with Crippen molar-refractivity contribution in [2.24, 2.45) is 0 Å². The Morgan fingerprint density at radius 2 is 2.00 bits per heavy atom. The quantitative estimate of drug-likeness (QED) is 0.803. The molecular formula is C15H23ClN4. The van der Waals surface area contributed by atoms with Crippen LogP contribution < -0.4 is 4.90 Å². The maximum atomic E-state index is 6.20. The molecule has 0 aromatic carbocycles. The Hall–Kier alpha value is -0.870. The van der Waals surface area contributed by atoms with E-state index in [1.54, 1.807) is 6.33 Å². The average Bonchev–Trinajstić information content (AvgIpc) is 2.97. The molecule has 4 nitrogen and oxygen atoms in total. The summed E-state index contributed by atoms with van der Waals surface area (Å²) in [5.41, 5.74) is 1.09. The Balaban J connectivity index is 1.72. The van der Waals surface area contributed by atoms with Gasteiger partial charge in [0, 0.05) is 24.7 Å². The topological polar surface area (TPSA) is 32.3 Å². The fourth-order valence-electron chi connectivity index (χ4n) is 3.47. The third-order valence-corrected chi connectivity index (χ3v) is 4.92. The van der Waals surface area contributed by atoms with Gasteiger partial charge in [0.1, 0.15) is 17.3 Å². The van der Waals surface area contributed by atoms with E-state index < -0.39 is 0 Å². The van der Waals surface area contributed by atoms with Gasteiger partial charge in [-0.25, -0.2) is 9.97 Å². The van der Waals surface area contributed by atoms with Crippen LogP contribution in [0.1, 0.15) is 38.2 Å². The van der Waals surface area contributed by atoms with Gasteiger partial charge in [0.2, 0.25) is 0 Å². The Kier molecular flexibility index (Phi) is 4.41. The first-order valence-electron chi connectivity index (χ1n) is 7.78. The third-order valence-electron chi connectivity index (χ3n) is 4.59. The lowest BCUT2D eigenvalue weighted by Crippen LogP contribution is -2.41.